The maximum atomic E-state index is 9.28. The second kappa shape index (κ2) is 6.09. The molecule has 2 N–H and O–H groups in total. The second-order valence-corrected chi connectivity index (χ2v) is 4.74. The number of phenols is 1. The molecule has 16 heavy (non-hydrogen) atoms. The molecule has 0 heterocycles. The molecule has 0 saturated carbocycles. The van der Waals surface area contributed by atoms with Crippen molar-refractivity contribution >= 4 is 11.6 Å². The van der Waals surface area contributed by atoms with Crippen LogP contribution in [0.15, 0.2) is 18.2 Å². The van der Waals surface area contributed by atoms with Crippen molar-refractivity contribution in [1.82, 2.24) is 10.2 Å². The lowest BCUT2D eigenvalue weighted by Gasteiger charge is -2.18. The van der Waals surface area contributed by atoms with Gasteiger partial charge in [0.05, 0.1) is 5.02 Å². The molecule has 3 nitrogen and oxygen atoms in total. The van der Waals surface area contributed by atoms with Crippen LogP contribution < -0.4 is 5.32 Å². The maximum absolute atomic E-state index is 9.28. The van der Waals surface area contributed by atoms with Gasteiger partial charge in [-0.15, -0.1) is 0 Å². The van der Waals surface area contributed by atoms with Gasteiger partial charge in [-0.05, 0) is 38.7 Å². The minimum Gasteiger partial charge on any atom is -0.506 e. The molecule has 1 aromatic rings. The van der Waals surface area contributed by atoms with Crippen LogP contribution in [-0.2, 0) is 6.54 Å². The molecule has 0 aliphatic carbocycles. The Morgan fingerprint density at radius 1 is 1.44 bits per heavy atom. The Balaban J connectivity index is 2.45. The van der Waals surface area contributed by atoms with E-state index >= 15 is 0 Å². The van der Waals surface area contributed by atoms with Crippen LogP contribution in [0.4, 0.5) is 0 Å². The molecular formula is C12H19ClN2O. The van der Waals surface area contributed by atoms with E-state index in [4.69, 9.17) is 11.6 Å². The van der Waals surface area contributed by atoms with E-state index in [1.54, 1.807) is 12.1 Å². The smallest absolute Gasteiger partial charge is 0.134 e. The first-order valence-corrected chi connectivity index (χ1v) is 5.72. The molecular weight excluding hydrogens is 224 g/mol. The Hall–Kier alpha value is -0.770. The highest BCUT2D eigenvalue weighted by molar-refractivity contribution is 6.32. The van der Waals surface area contributed by atoms with E-state index in [2.05, 4.69) is 31.2 Å². The van der Waals surface area contributed by atoms with Gasteiger partial charge in [-0.25, -0.2) is 0 Å². The number of nitrogens with zero attached hydrogens (tertiary/aromatic N) is 1. The van der Waals surface area contributed by atoms with E-state index < -0.39 is 0 Å². The minimum atomic E-state index is 0.131. The van der Waals surface area contributed by atoms with Crippen LogP contribution in [0.3, 0.4) is 0 Å². The topological polar surface area (TPSA) is 35.5 Å². The fourth-order valence-corrected chi connectivity index (χ4v) is 1.77. The number of nitrogens with one attached hydrogen (secondary N) is 1. The van der Waals surface area contributed by atoms with Crippen LogP contribution in [0.1, 0.15) is 12.5 Å². The summed E-state index contributed by atoms with van der Waals surface area (Å²) in [6, 6.07) is 5.70. The van der Waals surface area contributed by atoms with Crippen LogP contribution in [0.5, 0.6) is 5.75 Å². The summed E-state index contributed by atoms with van der Waals surface area (Å²) >= 11 is 5.83. The van der Waals surface area contributed by atoms with Crippen molar-refractivity contribution in [3.8, 4) is 5.75 Å². The Kier molecular flexibility index (Phi) is 5.06. The number of benzene rings is 1. The molecule has 1 aromatic carbocycles. The first kappa shape index (κ1) is 13.3. The van der Waals surface area contributed by atoms with E-state index in [0.29, 0.717) is 11.1 Å². The lowest BCUT2D eigenvalue weighted by atomic mass is 10.2. The fourth-order valence-electron chi connectivity index (χ4n) is 1.56. The summed E-state index contributed by atoms with van der Waals surface area (Å²) < 4.78 is 0. The van der Waals surface area contributed by atoms with E-state index in [9.17, 15) is 5.11 Å². The maximum Gasteiger partial charge on any atom is 0.134 e. The van der Waals surface area contributed by atoms with Crippen molar-refractivity contribution in [1.29, 1.82) is 0 Å². The summed E-state index contributed by atoms with van der Waals surface area (Å²) in [4.78, 5) is 2.14. The van der Waals surface area contributed by atoms with E-state index in [1.807, 2.05) is 6.07 Å². The second-order valence-electron chi connectivity index (χ2n) is 4.33. The molecule has 0 spiro atoms. The van der Waals surface area contributed by atoms with Crippen molar-refractivity contribution in [3.05, 3.63) is 28.8 Å². The van der Waals surface area contributed by atoms with Crippen LogP contribution in [-0.4, -0.2) is 36.7 Å². The lowest BCUT2D eigenvalue weighted by molar-refractivity contribution is 0.349. The normalized spacial score (nSPS) is 13.1. The molecule has 0 fully saturated rings. The molecule has 1 rings (SSSR count). The molecule has 4 heteroatoms. The Labute approximate surface area is 102 Å². The average Bonchev–Trinajstić information content (AvgIpc) is 2.19. The van der Waals surface area contributed by atoms with Crippen LogP contribution in [0.2, 0.25) is 5.02 Å². The molecule has 0 aliphatic rings. The van der Waals surface area contributed by atoms with E-state index in [-0.39, 0.29) is 5.75 Å². The van der Waals surface area contributed by atoms with Gasteiger partial charge < -0.3 is 15.3 Å². The number of hydrogen-bond donors (Lipinski definition) is 2. The molecule has 90 valence electrons. The lowest BCUT2D eigenvalue weighted by Crippen LogP contribution is -2.35. The van der Waals surface area contributed by atoms with Crippen molar-refractivity contribution < 1.29 is 5.11 Å². The molecule has 0 aliphatic heterocycles. The highest BCUT2D eigenvalue weighted by Crippen LogP contribution is 2.23. The van der Waals surface area contributed by atoms with Gasteiger partial charge in [0.15, 0.2) is 0 Å². The van der Waals surface area contributed by atoms with E-state index in [0.717, 1.165) is 18.7 Å². The third kappa shape index (κ3) is 4.39. The third-order valence-corrected chi connectivity index (χ3v) is 2.61. The number of hydrogen-bond acceptors (Lipinski definition) is 3. The Morgan fingerprint density at radius 3 is 2.69 bits per heavy atom. The van der Waals surface area contributed by atoms with Crippen molar-refractivity contribution in [3.63, 3.8) is 0 Å². The fraction of sp³-hybridized carbons (Fsp3) is 0.500. The number of phenolic OH excluding ortho intramolecular Hbond substituents is 1. The van der Waals surface area contributed by atoms with Gasteiger partial charge in [0.2, 0.25) is 0 Å². The zero-order chi connectivity index (χ0) is 12.1. The zero-order valence-corrected chi connectivity index (χ0v) is 10.8. The zero-order valence-electron chi connectivity index (χ0n) is 10.00. The van der Waals surface area contributed by atoms with Crippen molar-refractivity contribution in [2.75, 3.05) is 20.6 Å². The summed E-state index contributed by atoms with van der Waals surface area (Å²) in [5.41, 5.74) is 1.08. The highest BCUT2D eigenvalue weighted by atomic mass is 35.5. The number of likely N-dealkylation sites (N-methyl/N-ethyl adjacent to an activating group) is 1. The summed E-state index contributed by atoms with van der Waals surface area (Å²) in [7, 11) is 4.10. The van der Waals surface area contributed by atoms with Gasteiger partial charge in [-0.2, -0.15) is 0 Å². The third-order valence-electron chi connectivity index (χ3n) is 2.31. The SMILES string of the molecule is CC(CN(C)C)NCc1ccc(O)c(Cl)c1. The van der Waals surface area contributed by atoms with Crippen LogP contribution in [0.25, 0.3) is 0 Å². The molecule has 1 atom stereocenters. The van der Waals surface area contributed by atoms with Crippen molar-refractivity contribution in [2.24, 2.45) is 0 Å². The molecule has 1 unspecified atom stereocenters. The molecule has 0 saturated heterocycles. The average molecular weight is 243 g/mol. The number of halogens is 1. The van der Waals surface area contributed by atoms with E-state index in [1.165, 1.54) is 0 Å². The Bertz CT molecular complexity index is 342. The molecule has 0 radical (unpaired) electrons. The number of aromatic hydroxyl groups is 1. The predicted molar refractivity (Wildman–Crippen MR) is 68.0 cm³/mol. The first-order valence-electron chi connectivity index (χ1n) is 5.34. The van der Waals surface area contributed by atoms with Crippen LogP contribution in [0, 0.1) is 0 Å². The molecule has 0 amide bonds. The van der Waals surface area contributed by atoms with Gasteiger partial charge in [0.1, 0.15) is 5.75 Å². The van der Waals surface area contributed by atoms with Gasteiger partial charge >= 0.3 is 0 Å². The Morgan fingerprint density at radius 2 is 2.12 bits per heavy atom. The summed E-state index contributed by atoms with van der Waals surface area (Å²) in [5, 5.41) is 13.1. The predicted octanol–water partition coefficient (Wildman–Crippen LogP) is 2.09. The first-order chi connectivity index (χ1) is 7.49. The monoisotopic (exact) mass is 242 g/mol. The summed E-state index contributed by atoms with van der Waals surface area (Å²) in [6.07, 6.45) is 0. The highest BCUT2D eigenvalue weighted by Gasteiger charge is 2.04. The summed E-state index contributed by atoms with van der Waals surface area (Å²) in [5.74, 6) is 0.131. The largest absolute Gasteiger partial charge is 0.506 e. The van der Waals surface area contributed by atoms with Crippen molar-refractivity contribution in [2.45, 2.75) is 19.5 Å². The van der Waals surface area contributed by atoms with Gasteiger partial charge in [0, 0.05) is 19.1 Å². The quantitative estimate of drug-likeness (QED) is 0.830. The summed E-state index contributed by atoms with van der Waals surface area (Å²) in [6.45, 7) is 3.89. The standard InChI is InChI=1S/C12H19ClN2O/c1-9(8-15(2)3)14-7-10-4-5-12(16)11(13)6-10/h4-6,9,14,16H,7-8H2,1-3H3. The molecule has 0 aromatic heterocycles. The van der Waals surface area contributed by atoms with Gasteiger partial charge in [0.25, 0.3) is 0 Å². The van der Waals surface area contributed by atoms with Crippen LogP contribution >= 0.6 is 11.6 Å². The van der Waals surface area contributed by atoms with Gasteiger partial charge in [-0.3, -0.25) is 0 Å². The molecule has 0 bridgehead atoms. The minimum absolute atomic E-state index is 0.131. The number of rotatable bonds is 5. The van der Waals surface area contributed by atoms with Gasteiger partial charge in [-0.1, -0.05) is 17.7 Å².